The van der Waals surface area contributed by atoms with Crippen molar-refractivity contribution in [1.82, 2.24) is 10.6 Å². The molecule has 0 heterocycles. The molecule has 4 nitrogen and oxygen atoms in total. The minimum absolute atomic E-state index is 0.0588. The van der Waals surface area contributed by atoms with Crippen LogP contribution < -0.4 is 10.6 Å². The topological polar surface area (TPSA) is 61.4 Å². The highest BCUT2D eigenvalue weighted by Crippen LogP contribution is 2.12. The van der Waals surface area contributed by atoms with E-state index in [4.69, 9.17) is 5.11 Å². The monoisotopic (exact) mass is 274 g/mol. The molecule has 108 valence electrons. The number of rotatable bonds is 5. The first kappa shape index (κ1) is 16.1. The SMILES string of the molecule is CCCCNC(=O)NC(C)c1ccc(C#CCO)cc1. The van der Waals surface area contributed by atoms with E-state index in [9.17, 15) is 4.79 Å². The van der Waals surface area contributed by atoms with Crippen molar-refractivity contribution < 1.29 is 9.90 Å². The van der Waals surface area contributed by atoms with Gasteiger partial charge in [-0.15, -0.1) is 0 Å². The second-order valence-electron chi connectivity index (χ2n) is 4.56. The summed E-state index contributed by atoms with van der Waals surface area (Å²) in [6, 6.07) is 7.42. The van der Waals surface area contributed by atoms with Crippen molar-refractivity contribution in [2.24, 2.45) is 0 Å². The molecule has 1 aromatic rings. The molecule has 0 aromatic heterocycles. The predicted molar refractivity (Wildman–Crippen MR) is 80.3 cm³/mol. The lowest BCUT2D eigenvalue weighted by atomic mass is 10.1. The molecular weight excluding hydrogens is 252 g/mol. The molecule has 1 atom stereocenters. The summed E-state index contributed by atoms with van der Waals surface area (Å²) in [4.78, 5) is 11.6. The third-order valence-corrected chi connectivity index (χ3v) is 2.89. The largest absolute Gasteiger partial charge is 0.384 e. The highest BCUT2D eigenvalue weighted by Gasteiger charge is 2.08. The molecule has 1 rings (SSSR count). The van der Waals surface area contributed by atoms with Crippen LogP contribution in [0.15, 0.2) is 24.3 Å². The number of urea groups is 1. The number of benzene rings is 1. The Bertz CT molecular complexity index is 471. The molecule has 0 fully saturated rings. The number of aliphatic hydroxyl groups is 1. The van der Waals surface area contributed by atoms with Crippen LogP contribution in [0.5, 0.6) is 0 Å². The van der Waals surface area contributed by atoms with E-state index < -0.39 is 0 Å². The number of nitrogens with one attached hydrogen (secondary N) is 2. The molecule has 0 aliphatic carbocycles. The molecule has 0 aliphatic heterocycles. The van der Waals surface area contributed by atoms with E-state index in [1.54, 1.807) is 0 Å². The third kappa shape index (κ3) is 5.77. The zero-order valence-electron chi connectivity index (χ0n) is 12.1. The lowest BCUT2D eigenvalue weighted by Gasteiger charge is -2.15. The van der Waals surface area contributed by atoms with Crippen LogP contribution in [0.3, 0.4) is 0 Å². The predicted octanol–water partition coefficient (Wildman–Crippen LogP) is 2.19. The molecule has 1 aromatic carbocycles. The summed E-state index contributed by atoms with van der Waals surface area (Å²) in [5, 5.41) is 14.3. The van der Waals surface area contributed by atoms with Gasteiger partial charge in [0.2, 0.25) is 0 Å². The molecule has 1 unspecified atom stereocenters. The molecule has 0 saturated carbocycles. The van der Waals surface area contributed by atoms with Crippen molar-refractivity contribution in [1.29, 1.82) is 0 Å². The van der Waals surface area contributed by atoms with E-state index in [0.29, 0.717) is 6.54 Å². The second-order valence-corrected chi connectivity index (χ2v) is 4.56. The maximum atomic E-state index is 11.6. The molecule has 0 aliphatic rings. The van der Waals surface area contributed by atoms with Crippen LogP contribution >= 0.6 is 0 Å². The molecule has 0 radical (unpaired) electrons. The van der Waals surface area contributed by atoms with Gasteiger partial charge in [-0.1, -0.05) is 37.3 Å². The fourth-order valence-corrected chi connectivity index (χ4v) is 1.71. The van der Waals surface area contributed by atoms with Crippen molar-refractivity contribution >= 4 is 6.03 Å². The van der Waals surface area contributed by atoms with Gasteiger partial charge >= 0.3 is 6.03 Å². The lowest BCUT2D eigenvalue weighted by molar-refractivity contribution is 0.238. The zero-order valence-corrected chi connectivity index (χ0v) is 12.1. The molecular formula is C16H22N2O2. The summed E-state index contributed by atoms with van der Waals surface area (Å²) in [6.07, 6.45) is 2.05. The first-order valence-electron chi connectivity index (χ1n) is 6.91. The fourth-order valence-electron chi connectivity index (χ4n) is 1.71. The average Bonchev–Trinajstić information content (AvgIpc) is 2.46. The number of carbonyl (C=O) groups excluding carboxylic acids is 1. The molecule has 20 heavy (non-hydrogen) atoms. The minimum atomic E-state index is -0.143. The van der Waals surface area contributed by atoms with Gasteiger partial charge in [0, 0.05) is 12.1 Å². The van der Waals surface area contributed by atoms with Crippen LogP contribution in [0.25, 0.3) is 0 Å². The van der Waals surface area contributed by atoms with E-state index in [-0.39, 0.29) is 18.7 Å². The van der Waals surface area contributed by atoms with Gasteiger partial charge in [0.1, 0.15) is 6.61 Å². The van der Waals surface area contributed by atoms with Gasteiger partial charge < -0.3 is 15.7 Å². The molecule has 4 heteroatoms. The quantitative estimate of drug-likeness (QED) is 0.569. The van der Waals surface area contributed by atoms with Crippen LogP contribution in [0.4, 0.5) is 4.79 Å². The summed E-state index contributed by atoms with van der Waals surface area (Å²) >= 11 is 0. The number of aliphatic hydroxyl groups excluding tert-OH is 1. The Morgan fingerprint density at radius 1 is 1.35 bits per heavy atom. The Morgan fingerprint density at radius 2 is 2.05 bits per heavy atom. The summed E-state index contributed by atoms with van der Waals surface area (Å²) < 4.78 is 0. The summed E-state index contributed by atoms with van der Waals surface area (Å²) in [5.74, 6) is 5.44. The smallest absolute Gasteiger partial charge is 0.315 e. The van der Waals surface area contributed by atoms with E-state index >= 15 is 0 Å². The normalized spacial score (nSPS) is 11.2. The van der Waals surface area contributed by atoms with Crippen LogP contribution in [0.2, 0.25) is 0 Å². The third-order valence-electron chi connectivity index (χ3n) is 2.89. The van der Waals surface area contributed by atoms with Crippen molar-refractivity contribution in [3.05, 3.63) is 35.4 Å². The van der Waals surface area contributed by atoms with Gasteiger partial charge in [-0.25, -0.2) is 4.79 Å². The molecule has 3 N–H and O–H groups in total. The Labute approximate surface area is 120 Å². The van der Waals surface area contributed by atoms with Gasteiger partial charge in [0.25, 0.3) is 0 Å². The first-order valence-corrected chi connectivity index (χ1v) is 6.91. The molecule has 0 spiro atoms. The highest BCUT2D eigenvalue weighted by atomic mass is 16.2. The number of unbranched alkanes of at least 4 members (excludes halogenated alkanes) is 1. The van der Waals surface area contributed by atoms with E-state index in [1.165, 1.54) is 0 Å². The summed E-state index contributed by atoms with van der Waals surface area (Å²) in [5.41, 5.74) is 1.87. The van der Waals surface area contributed by atoms with Crippen molar-refractivity contribution in [3.8, 4) is 11.8 Å². The summed E-state index contributed by atoms with van der Waals surface area (Å²) in [7, 11) is 0. The minimum Gasteiger partial charge on any atom is -0.384 e. The second kappa shape index (κ2) is 9.00. The van der Waals surface area contributed by atoms with Gasteiger partial charge in [-0.05, 0) is 31.0 Å². The lowest BCUT2D eigenvalue weighted by Crippen LogP contribution is -2.37. The van der Waals surface area contributed by atoms with Crippen molar-refractivity contribution in [2.45, 2.75) is 32.7 Å². The van der Waals surface area contributed by atoms with Gasteiger partial charge in [0.15, 0.2) is 0 Å². The Kier molecular flexibility index (Phi) is 7.23. The Hall–Kier alpha value is -1.99. The summed E-state index contributed by atoms with van der Waals surface area (Å²) in [6.45, 7) is 4.58. The maximum Gasteiger partial charge on any atom is 0.315 e. The van der Waals surface area contributed by atoms with Gasteiger partial charge in [-0.3, -0.25) is 0 Å². The number of hydrogen-bond donors (Lipinski definition) is 3. The Morgan fingerprint density at radius 3 is 2.65 bits per heavy atom. The first-order chi connectivity index (χ1) is 9.67. The van der Waals surface area contributed by atoms with Crippen LogP contribution in [0, 0.1) is 11.8 Å². The number of carbonyl (C=O) groups is 1. The van der Waals surface area contributed by atoms with Gasteiger partial charge in [0.05, 0.1) is 6.04 Å². The highest BCUT2D eigenvalue weighted by molar-refractivity contribution is 5.74. The van der Waals surface area contributed by atoms with Crippen molar-refractivity contribution in [3.63, 3.8) is 0 Å². The molecule has 0 saturated heterocycles. The number of hydrogen-bond acceptors (Lipinski definition) is 2. The Balaban J connectivity index is 2.50. The van der Waals surface area contributed by atoms with E-state index in [1.807, 2.05) is 31.2 Å². The van der Waals surface area contributed by atoms with E-state index in [0.717, 1.165) is 24.0 Å². The van der Waals surface area contributed by atoms with E-state index in [2.05, 4.69) is 29.4 Å². The molecule has 2 amide bonds. The standard InChI is InChI=1S/C16H22N2O2/c1-3-4-11-17-16(20)18-13(2)15-9-7-14(8-10-15)6-5-12-19/h7-10,13,19H,3-4,11-12H2,1-2H3,(H2,17,18,20). The number of amides is 2. The van der Waals surface area contributed by atoms with Gasteiger partial charge in [-0.2, -0.15) is 0 Å². The molecule has 0 bridgehead atoms. The van der Waals surface area contributed by atoms with Crippen LogP contribution in [-0.2, 0) is 0 Å². The fraction of sp³-hybridized carbons (Fsp3) is 0.438. The van der Waals surface area contributed by atoms with Crippen molar-refractivity contribution in [2.75, 3.05) is 13.2 Å². The van der Waals surface area contributed by atoms with Crippen LogP contribution in [-0.4, -0.2) is 24.3 Å². The maximum absolute atomic E-state index is 11.6. The van der Waals surface area contributed by atoms with Crippen LogP contribution in [0.1, 0.15) is 43.9 Å². The zero-order chi connectivity index (χ0) is 14.8. The average molecular weight is 274 g/mol.